The molecule has 0 aliphatic heterocycles. The number of hydrogen-bond donors (Lipinski definition) is 0. The first-order chi connectivity index (χ1) is 5.04. The summed E-state index contributed by atoms with van der Waals surface area (Å²) in [5.74, 6) is 5.26. The van der Waals surface area contributed by atoms with E-state index in [0.29, 0.717) is 0 Å². The number of rotatable bonds is 0. The van der Waals surface area contributed by atoms with Gasteiger partial charge in [0.25, 0.3) is 0 Å². The molecule has 0 N–H and O–H groups in total. The van der Waals surface area contributed by atoms with E-state index in [-0.39, 0.29) is 0 Å². The Balaban J connectivity index is 2.63. The predicted octanol–water partition coefficient (Wildman–Crippen LogP) is 3.53. The van der Waals surface area contributed by atoms with Crippen LogP contribution in [0.2, 0.25) is 0 Å². The van der Waals surface area contributed by atoms with Crippen LogP contribution in [0.25, 0.3) is 0 Å². The van der Waals surface area contributed by atoms with Gasteiger partial charge in [-0.15, -0.1) is 0 Å². The molecule has 1 aliphatic rings. The monoisotopic (exact) mass is 153 g/mol. The molecule has 65 valence electrons. The molecule has 0 amide bonds. The van der Waals surface area contributed by atoms with Crippen LogP contribution in [0.15, 0.2) is 0 Å². The molecule has 0 saturated heterocycles. The molecular weight excluding hydrogens is 132 g/mol. The van der Waals surface area contributed by atoms with Crippen LogP contribution >= 0.6 is 0 Å². The Hall–Kier alpha value is 0. The van der Waals surface area contributed by atoms with Crippen LogP contribution in [0.1, 0.15) is 41.0 Å². The van der Waals surface area contributed by atoms with E-state index >= 15 is 0 Å². The van der Waals surface area contributed by atoms with Crippen LogP contribution in [0.5, 0.6) is 0 Å². The lowest BCUT2D eigenvalue weighted by molar-refractivity contribution is 0.159. The van der Waals surface area contributed by atoms with Crippen molar-refractivity contribution in [1.29, 1.82) is 0 Å². The van der Waals surface area contributed by atoms with E-state index in [9.17, 15) is 0 Å². The Kier molecular flexibility index (Phi) is 2.61. The fourth-order valence-corrected chi connectivity index (χ4v) is 2.30. The first-order valence-electron chi connectivity index (χ1n) is 4.86. The summed E-state index contributed by atoms with van der Waals surface area (Å²) in [6.45, 7) is 11.9. The van der Waals surface area contributed by atoms with Gasteiger partial charge in [0.1, 0.15) is 0 Å². The summed E-state index contributed by atoms with van der Waals surface area (Å²) in [6.07, 6.45) is 1.35. The van der Waals surface area contributed by atoms with Crippen LogP contribution in [0, 0.1) is 29.6 Å². The summed E-state index contributed by atoms with van der Waals surface area (Å²) in [4.78, 5) is 0. The summed E-state index contributed by atoms with van der Waals surface area (Å²) < 4.78 is 0. The third-order valence-electron chi connectivity index (χ3n) is 3.94. The van der Waals surface area contributed by atoms with E-state index in [1.807, 2.05) is 0 Å². The molecule has 1 radical (unpaired) electrons. The van der Waals surface area contributed by atoms with Gasteiger partial charge >= 0.3 is 0 Å². The van der Waals surface area contributed by atoms with Gasteiger partial charge in [-0.05, 0) is 36.0 Å². The lowest BCUT2D eigenvalue weighted by Gasteiger charge is -2.40. The number of hydrogen-bond acceptors (Lipinski definition) is 0. The maximum Gasteiger partial charge on any atom is -0.0238 e. The molecule has 0 aromatic rings. The maximum atomic E-state index is 2.40. The molecular formula is C11H21. The zero-order valence-electron chi connectivity index (χ0n) is 8.52. The molecule has 1 saturated carbocycles. The average Bonchev–Trinajstić information content (AvgIpc) is 1.97. The standard InChI is InChI=1S/C11H21/c1-7-6-8(2)10(4)11(5)9(7)3/h7,9-11H,6H2,1-5H3. The van der Waals surface area contributed by atoms with Gasteiger partial charge in [0.2, 0.25) is 0 Å². The van der Waals surface area contributed by atoms with E-state index in [4.69, 9.17) is 0 Å². The van der Waals surface area contributed by atoms with Gasteiger partial charge in [0.05, 0.1) is 0 Å². The van der Waals surface area contributed by atoms with E-state index in [0.717, 1.165) is 23.7 Å². The van der Waals surface area contributed by atoms with Crippen LogP contribution in [-0.4, -0.2) is 0 Å². The summed E-state index contributed by atoms with van der Waals surface area (Å²) >= 11 is 0. The molecule has 0 nitrogen and oxygen atoms in total. The van der Waals surface area contributed by atoms with Crippen molar-refractivity contribution in [2.24, 2.45) is 23.7 Å². The van der Waals surface area contributed by atoms with Gasteiger partial charge in [-0.2, -0.15) is 0 Å². The zero-order valence-corrected chi connectivity index (χ0v) is 8.52. The Labute approximate surface area is 71.4 Å². The molecule has 0 aromatic carbocycles. The van der Waals surface area contributed by atoms with Crippen LogP contribution < -0.4 is 0 Å². The summed E-state index contributed by atoms with van der Waals surface area (Å²) in [7, 11) is 0. The smallest absolute Gasteiger partial charge is 0.0238 e. The van der Waals surface area contributed by atoms with E-state index in [1.165, 1.54) is 6.42 Å². The second-order valence-corrected chi connectivity index (χ2v) is 4.53. The minimum absolute atomic E-state index is 0.848. The Morgan fingerprint density at radius 2 is 1.55 bits per heavy atom. The molecule has 1 fully saturated rings. The Bertz CT molecular complexity index is 114. The molecule has 0 spiro atoms. The highest BCUT2D eigenvalue weighted by Gasteiger charge is 2.33. The fourth-order valence-electron chi connectivity index (χ4n) is 2.30. The molecule has 4 atom stereocenters. The molecule has 0 heteroatoms. The van der Waals surface area contributed by atoms with Crippen molar-refractivity contribution < 1.29 is 0 Å². The molecule has 0 aromatic heterocycles. The zero-order chi connectivity index (χ0) is 8.59. The molecule has 0 heterocycles. The van der Waals surface area contributed by atoms with Gasteiger partial charge in [-0.3, -0.25) is 0 Å². The van der Waals surface area contributed by atoms with Gasteiger partial charge in [-0.25, -0.2) is 0 Å². The van der Waals surface area contributed by atoms with E-state index in [1.54, 1.807) is 5.92 Å². The van der Waals surface area contributed by atoms with Crippen molar-refractivity contribution >= 4 is 0 Å². The van der Waals surface area contributed by atoms with Crippen molar-refractivity contribution in [3.05, 3.63) is 5.92 Å². The van der Waals surface area contributed by atoms with Crippen LogP contribution in [-0.2, 0) is 0 Å². The summed E-state index contributed by atoms with van der Waals surface area (Å²) in [5.41, 5.74) is 0. The topological polar surface area (TPSA) is 0 Å². The first-order valence-corrected chi connectivity index (χ1v) is 4.86. The maximum absolute atomic E-state index is 2.40. The molecule has 11 heavy (non-hydrogen) atoms. The van der Waals surface area contributed by atoms with Gasteiger partial charge in [0.15, 0.2) is 0 Å². The minimum atomic E-state index is 0.848. The molecule has 1 rings (SSSR count). The van der Waals surface area contributed by atoms with Crippen molar-refractivity contribution in [2.45, 2.75) is 41.0 Å². The van der Waals surface area contributed by atoms with Crippen LogP contribution in [0.3, 0.4) is 0 Å². The van der Waals surface area contributed by atoms with Crippen molar-refractivity contribution in [3.63, 3.8) is 0 Å². The lowest BCUT2D eigenvalue weighted by atomic mass is 9.65. The highest BCUT2D eigenvalue weighted by Crippen LogP contribution is 2.42. The first kappa shape index (κ1) is 9.09. The van der Waals surface area contributed by atoms with Crippen molar-refractivity contribution in [3.8, 4) is 0 Å². The largest absolute Gasteiger partial charge is 0.0622 e. The SMILES string of the molecule is C[C]1CC(C)C(C)C(C)C1C. The summed E-state index contributed by atoms with van der Waals surface area (Å²) in [5, 5.41) is 0. The van der Waals surface area contributed by atoms with Gasteiger partial charge in [0, 0.05) is 0 Å². The summed E-state index contributed by atoms with van der Waals surface area (Å²) in [6, 6.07) is 0. The van der Waals surface area contributed by atoms with Gasteiger partial charge < -0.3 is 0 Å². The predicted molar refractivity (Wildman–Crippen MR) is 50.2 cm³/mol. The normalized spacial score (nSPS) is 47.7. The third-order valence-corrected chi connectivity index (χ3v) is 3.94. The average molecular weight is 153 g/mol. The highest BCUT2D eigenvalue weighted by molar-refractivity contribution is 4.99. The van der Waals surface area contributed by atoms with Crippen molar-refractivity contribution in [2.75, 3.05) is 0 Å². The quantitative estimate of drug-likeness (QED) is 0.499. The molecule has 4 unspecified atom stereocenters. The second kappa shape index (κ2) is 3.16. The van der Waals surface area contributed by atoms with Crippen LogP contribution in [0.4, 0.5) is 0 Å². The minimum Gasteiger partial charge on any atom is -0.0622 e. The lowest BCUT2D eigenvalue weighted by Crippen LogP contribution is -2.32. The Morgan fingerprint density at radius 3 is 2.09 bits per heavy atom. The van der Waals surface area contributed by atoms with Gasteiger partial charge in [-0.1, -0.05) is 34.6 Å². The van der Waals surface area contributed by atoms with Crippen molar-refractivity contribution in [1.82, 2.24) is 0 Å². The third kappa shape index (κ3) is 1.60. The van der Waals surface area contributed by atoms with E-state index < -0.39 is 0 Å². The van der Waals surface area contributed by atoms with E-state index in [2.05, 4.69) is 34.6 Å². The molecule has 0 bridgehead atoms. The Morgan fingerprint density at radius 1 is 1.00 bits per heavy atom. The fraction of sp³-hybridized carbons (Fsp3) is 0.909. The highest BCUT2D eigenvalue weighted by atomic mass is 14.4. The second-order valence-electron chi connectivity index (χ2n) is 4.53. The molecule has 1 aliphatic carbocycles.